The van der Waals surface area contributed by atoms with Gasteiger partial charge in [-0.05, 0) is 62.2 Å². The fourth-order valence-corrected chi connectivity index (χ4v) is 6.53. The third-order valence-corrected chi connectivity index (χ3v) is 9.34. The van der Waals surface area contributed by atoms with Gasteiger partial charge in [0.15, 0.2) is 5.82 Å². The molecule has 0 spiro atoms. The minimum Gasteiger partial charge on any atom is -0.359 e. The van der Waals surface area contributed by atoms with E-state index in [4.69, 9.17) is 0 Å². The highest BCUT2D eigenvalue weighted by atomic mass is 32.2. The van der Waals surface area contributed by atoms with Crippen LogP contribution < -0.4 is 13.9 Å². The van der Waals surface area contributed by atoms with Gasteiger partial charge in [-0.25, -0.2) is 22.4 Å². The molecule has 194 valence electrons. The quantitative estimate of drug-likeness (QED) is 0.634. The highest BCUT2D eigenvalue weighted by molar-refractivity contribution is 7.94. The van der Waals surface area contributed by atoms with Crippen LogP contribution in [0.4, 0.5) is 20.3 Å². The molecular formula is C25H31F2N5O3S. The molecule has 1 saturated carbocycles. The molecule has 2 fully saturated rings. The topological polar surface area (TPSA) is 85.9 Å². The highest BCUT2D eigenvalue weighted by Gasteiger charge is 2.59. The maximum Gasteiger partial charge on any atom is 0.327 e. The summed E-state index contributed by atoms with van der Waals surface area (Å²) in [6.45, 7) is 4.16. The van der Waals surface area contributed by atoms with Crippen molar-refractivity contribution in [2.45, 2.75) is 38.7 Å². The molecule has 1 aliphatic carbocycles. The number of benzene rings is 1. The first kappa shape index (κ1) is 24.9. The first-order valence-electron chi connectivity index (χ1n) is 12.2. The van der Waals surface area contributed by atoms with Crippen LogP contribution in [-0.4, -0.2) is 63.9 Å². The number of pyridine rings is 1. The molecule has 1 aromatic carbocycles. The van der Waals surface area contributed by atoms with Crippen LogP contribution in [0, 0.1) is 18.8 Å². The number of nitrogens with one attached hydrogen (secondary N) is 1. The third kappa shape index (κ3) is 4.43. The number of aromatic nitrogens is 1. The molecular weight excluding hydrogens is 488 g/mol. The summed E-state index contributed by atoms with van der Waals surface area (Å²) in [7, 11) is -0.867. The Morgan fingerprint density at radius 3 is 2.53 bits per heavy atom. The number of carbonyl (C=O) groups is 1. The molecule has 1 unspecified atom stereocenters. The molecule has 2 aromatic rings. The zero-order chi connectivity index (χ0) is 25.8. The minimum atomic E-state index is -3.94. The molecule has 0 bridgehead atoms. The summed E-state index contributed by atoms with van der Waals surface area (Å²) in [6.07, 6.45) is 1.36. The lowest BCUT2D eigenvalue weighted by Gasteiger charge is -2.31. The van der Waals surface area contributed by atoms with Crippen LogP contribution in [0.15, 0.2) is 30.3 Å². The molecule has 1 N–H and O–H groups in total. The molecule has 5 rings (SSSR count). The summed E-state index contributed by atoms with van der Waals surface area (Å²) in [5.74, 6) is -3.36. The summed E-state index contributed by atoms with van der Waals surface area (Å²) in [5, 5.41) is 2.73. The van der Waals surface area contributed by atoms with Gasteiger partial charge < -0.3 is 5.32 Å². The third-order valence-electron chi connectivity index (χ3n) is 7.58. The lowest BCUT2D eigenvalue weighted by molar-refractivity contribution is -0.125. The van der Waals surface area contributed by atoms with Crippen molar-refractivity contribution in [3.05, 3.63) is 41.5 Å². The van der Waals surface area contributed by atoms with E-state index in [-0.39, 0.29) is 30.6 Å². The first-order valence-corrected chi connectivity index (χ1v) is 13.6. The predicted octanol–water partition coefficient (Wildman–Crippen LogP) is 3.17. The SMILES string of the molecule is CNC(=O)C1CCN(Cc2ccc(C)c(-c3ccc4c(n3)N(C)S(=O)(=O)N4CC3CC3(F)F)c2)CC1. The fourth-order valence-electron chi connectivity index (χ4n) is 5.12. The van der Waals surface area contributed by atoms with Crippen LogP contribution in [0.25, 0.3) is 11.3 Å². The number of hydrogen-bond donors (Lipinski definition) is 1. The lowest BCUT2D eigenvalue weighted by Crippen LogP contribution is -2.39. The predicted molar refractivity (Wildman–Crippen MR) is 134 cm³/mol. The number of fused-ring (bicyclic) bond motifs is 1. The number of carbonyl (C=O) groups excluding carboxylic acids is 1. The van der Waals surface area contributed by atoms with E-state index in [1.54, 1.807) is 19.2 Å². The number of anilines is 2. The molecule has 1 saturated heterocycles. The molecule has 36 heavy (non-hydrogen) atoms. The minimum absolute atomic E-state index is 0.0643. The van der Waals surface area contributed by atoms with Crippen molar-refractivity contribution < 1.29 is 22.0 Å². The Hall–Kier alpha value is -2.79. The van der Waals surface area contributed by atoms with E-state index >= 15 is 0 Å². The summed E-state index contributed by atoms with van der Waals surface area (Å²) >= 11 is 0. The van der Waals surface area contributed by atoms with E-state index in [1.165, 1.54) is 7.05 Å². The summed E-state index contributed by atoms with van der Waals surface area (Å²) in [5.41, 5.74) is 3.97. The number of amides is 1. The molecule has 1 atom stereocenters. The van der Waals surface area contributed by atoms with Crippen molar-refractivity contribution in [1.29, 1.82) is 0 Å². The van der Waals surface area contributed by atoms with Gasteiger partial charge in [0.2, 0.25) is 5.91 Å². The molecule has 3 aliphatic rings. The molecule has 1 aromatic heterocycles. The van der Waals surface area contributed by atoms with E-state index in [0.29, 0.717) is 11.4 Å². The maximum atomic E-state index is 13.5. The largest absolute Gasteiger partial charge is 0.359 e. The Balaban J connectivity index is 1.36. The average molecular weight is 520 g/mol. The second-order valence-corrected chi connectivity index (χ2v) is 11.9. The van der Waals surface area contributed by atoms with E-state index in [0.717, 1.165) is 57.8 Å². The Labute approximate surface area is 210 Å². The van der Waals surface area contributed by atoms with E-state index < -0.39 is 22.0 Å². The van der Waals surface area contributed by atoms with E-state index in [1.807, 2.05) is 13.0 Å². The highest BCUT2D eigenvalue weighted by Crippen LogP contribution is 2.51. The van der Waals surface area contributed by atoms with Crippen molar-refractivity contribution in [1.82, 2.24) is 15.2 Å². The second kappa shape index (κ2) is 8.95. The Morgan fingerprint density at radius 1 is 1.19 bits per heavy atom. The second-order valence-electron chi connectivity index (χ2n) is 10.0. The van der Waals surface area contributed by atoms with Gasteiger partial charge >= 0.3 is 10.2 Å². The number of nitrogens with zero attached hydrogens (tertiary/aromatic N) is 4. The van der Waals surface area contributed by atoms with Gasteiger partial charge in [0.05, 0.1) is 11.4 Å². The smallest absolute Gasteiger partial charge is 0.327 e. The van der Waals surface area contributed by atoms with Crippen molar-refractivity contribution in [3.63, 3.8) is 0 Å². The van der Waals surface area contributed by atoms with Crippen molar-refractivity contribution in [2.24, 2.45) is 11.8 Å². The van der Waals surface area contributed by atoms with Crippen LogP contribution in [0.2, 0.25) is 0 Å². The summed E-state index contributed by atoms with van der Waals surface area (Å²) in [6, 6.07) is 9.59. The maximum absolute atomic E-state index is 13.5. The number of alkyl halides is 2. The number of piperidine rings is 1. The summed E-state index contributed by atoms with van der Waals surface area (Å²) in [4.78, 5) is 18.9. The number of aryl methyl sites for hydroxylation is 1. The molecule has 11 heteroatoms. The number of halogens is 2. The summed E-state index contributed by atoms with van der Waals surface area (Å²) < 4.78 is 55.0. The van der Waals surface area contributed by atoms with Gasteiger partial charge in [0.1, 0.15) is 0 Å². The van der Waals surface area contributed by atoms with Gasteiger partial charge in [0, 0.05) is 51.0 Å². The van der Waals surface area contributed by atoms with Crippen LogP contribution in [0.3, 0.4) is 0 Å². The monoisotopic (exact) mass is 519 g/mol. The zero-order valence-corrected chi connectivity index (χ0v) is 21.5. The lowest BCUT2D eigenvalue weighted by atomic mass is 9.95. The van der Waals surface area contributed by atoms with Crippen LogP contribution in [0.5, 0.6) is 0 Å². The number of rotatable bonds is 6. The molecule has 1 amide bonds. The molecule has 3 heterocycles. The van der Waals surface area contributed by atoms with E-state index in [2.05, 4.69) is 27.3 Å². The van der Waals surface area contributed by atoms with Crippen LogP contribution in [-0.2, 0) is 21.5 Å². The van der Waals surface area contributed by atoms with Gasteiger partial charge in [-0.2, -0.15) is 8.42 Å². The number of likely N-dealkylation sites (tertiary alicyclic amines) is 1. The molecule has 8 nitrogen and oxygen atoms in total. The normalized spacial score (nSPS) is 23.0. The molecule has 0 radical (unpaired) electrons. The Kier molecular flexibility index (Phi) is 6.19. The van der Waals surface area contributed by atoms with Gasteiger partial charge in [-0.1, -0.05) is 12.1 Å². The van der Waals surface area contributed by atoms with Gasteiger partial charge in [-0.3, -0.25) is 9.69 Å². The first-order chi connectivity index (χ1) is 17.0. The molecule has 2 aliphatic heterocycles. The Bertz CT molecular complexity index is 1290. The van der Waals surface area contributed by atoms with E-state index in [9.17, 15) is 22.0 Å². The standard InChI is InChI=1S/C25H31F2N5O3S/c1-16-4-5-17(14-31-10-8-18(9-11-31)24(33)28-2)12-20(16)21-6-7-22-23(29-21)30(3)36(34,35)32(22)15-19-13-25(19,26)27/h4-7,12,18-19H,8-11,13-15H2,1-3H3,(H,28,33). The van der Waals surface area contributed by atoms with Crippen molar-refractivity contribution in [3.8, 4) is 11.3 Å². The van der Waals surface area contributed by atoms with Gasteiger partial charge in [-0.15, -0.1) is 0 Å². The average Bonchev–Trinajstić information content (AvgIpc) is 3.42. The van der Waals surface area contributed by atoms with Crippen LogP contribution >= 0.6 is 0 Å². The zero-order valence-electron chi connectivity index (χ0n) is 20.7. The Morgan fingerprint density at radius 2 is 1.89 bits per heavy atom. The van der Waals surface area contributed by atoms with Gasteiger partial charge in [0.25, 0.3) is 5.92 Å². The number of hydrogen-bond acceptors (Lipinski definition) is 5. The van der Waals surface area contributed by atoms with Crippen molar-refractivity contribution >= 4 is 27.6 Å². The van der Waals surface area contributed by atoms with Crippen LogP contribution in [0.1, 0.15) is 30.4 Å². The fraction of sp³-hybridized carbons (Fsp3) is 0.520. The van der Waals surface area contributed by atoms with Crippen molar-refractivity contribution in [2.75, 3.05) is 42.3 Å².